The maximum atomic E-state index is 6.05. The molecule has 4 nitrogen and oxygen atoms in total. The average Bonchev–Trinajstić information content (AvgIpc) is 2.98. The maximum Gasteiger partial charge on any atom is 0.187 e. The second-order valence-corrected chi connectivity index (χ2v) is 6.05. The molecule has 4 rings (SSSR count). The lowest BCUT2D eigenvalue weighted by atomic mass is 9.88. The van der Waals surface area contributed by atoms with Crippen LogP contribution in [0.4, 0.5) is 0 Å². The smallest absolute Gasteiger partial charge is 0.187 e. The summed E-state index contributed by atoms with van der Waals surface area (Å²) in [5.41, 5.74) is 0.838. The molecule has 0 aromatic heterocycles. The number of rotatable bonds is 2. The standard InChI is InChI=1S/C15H18O4/c1-14(2)17-11-12(18-14)15(9-16-13(11)19-15)8-10-6-4-3-5-7-10/h3-7,11-13H,8-9H2,1-2H3/t11?,12?,13-,15-/m1/s1. The largest absolute Gasteiger partial charge is 0.347 e. The van der Waals surface area contributed by atoms with E-state index in [1.165, 1.54) is 5.56 Å². The van der Waals surface area contributed by atoms with Crippen LogP contribution in [-0.2, 0) is 25.4 Å². The van der Waals surface area contributed by atoms with E-state index in [4.69, 9.17) is 18.9 Å². The van der Waals surface area contributed by atoms with E-state index < -0.39 is 11.4 Å². The Morgan fingerprint density at radius 2 is 1.89 bits per heavy atom. The number of ether oxygens (including phenoxy) is 4. The van der Waals surface area contributed by atoms with Gasteiger partial charge in [-0.1, -0.05) is 30.3 Å². The summed E-state index contributed by atoms with van der Waals surface area (Å²) in [5.74, 6) is -0.549. The van der Waals surface area contributed by atoms with Gasteiger partial charge in [0, 0.05) is 6.42 Å². The van der Waals surface area contributed by atoms with Crippen molar-refractivity contribution >= 4 is 0 Å². The van der Waals surface area contributed by atoms with Gasteiger partial charge >= 0.3 is 0 Å². The van der Waals surface area contributed by atoms with Crippen molar-refractivity contribution in [3.8, 4) is 0 Å². The molecule has 4 atom stereocenters. The zero-order chi connectivity index (χ0) is 13.1. The van der Waals surface area contributed by atoms with Gasteiger partial charge in [-0.25, -0.2) is 0 Å². The number of benzene rings is 1. The molecule has 1 aromatic carbocycles. The van der Waals surface area contributed by atoms with Crippen LogP contribution in [0, 0.1) is 0 Å². The van der Waals surface area contributed by atoms with Crippen LogP contribution in [0.25, 0.3) is 0 Å². The van der Waals surface area contributed by atoms with Crippen LogP contribution in [0.15, 0.2) is 30.3 Å². The summed E-state index contributed by atoms with van der Waals surface area (Å²) in [6.07, 6.45) is 0.370. The van der Waals surface area contributed by atoms with Gasteiger partial charge < -0.3 is 18.9 Å². The van der Waals surface area contributed by atoms with Crippen molar-refractivity contribution in [3.63, 3.8) is 0 Å². The third-order valence-corrected chi connectivity index (χ3v) is 4.10. The number of fused-ring (bicyclic) bond motifs is 5. The molecule has 3 fully saturated rings. The first kappa shape index (κ1) is 11.9. The molecule has 3 saturated heterocycles. The van der Waals surface area contributed by atoms with Crippen molar-refractivity contribution in [1.82, 2.24) is 0 Å². The highest BCUT2D eigenvalue weighted by atomic mass is 16.8. The Hall–Kier alpha value is -0.940. The fraction of sp³-hybridized carbons (Fsp3) is 0.600. The molecule has 102 valence electrons. The van der Waals surface area contributed by atoms with Crippen LogP contribution < -0.4 is 0 Å². The number of hydrogen-bond donors (Lipinski definition) is 0. The van der Waals surface area contributed by atoms with Crippen molar-refractivity contribution < 1.29 is 18.9 Å². The van der Waals surface area contributed by atoms with E-state index in [-0.39, 0.29) is 18.5 Å². The first-order chi connectivity index (χ1) is 9.08. The van der Waals surface area contributed by atoms with E-state index in [0.29, 0.717) is 6.61 Å². The maximum absolute atomic E-state index is 6.05. The quantitative estimate of drug-likeness (QED) is 0.815. The second-order valence-electron chi connectivity index (χ2n) is 6.05. The minimum atomic E-state index is -0.549. The van der Waals surface area contributed by atoms with Crippen LogP contribution in [0.2, 0.25) is 0 Å². The molecule has 0 aliphatic carbocycles. The molecule has 2 unspecified atom stereocenters. The molecule has 3 aliphatic heterocycles. The fourth-order valence-corrected chi connectivity index (χ4v) is 3.36. The minimum Gasteiger partial charge on any atom is -0.347 e. The summed E-state index contributed by atoms with van der Waals surface area (Å²) in [5, 5.41) is 0. The van der Waals surface area contributed by atoms with Gasteiger partial charge in [0.25, 0.3) is 0 Å². The molecule has 19 heavy (non-hydrogen) atoms. The Kier molecular flexibility index (Phi) is 2.37. The highest BCUT2D eigenvalue weighted by Gasteiger charge is 2.67. The van der Waals surface area contributed by atoms with Crippen LogP contribution in [-0.4, -0.2) is 36.5 Å². The average molecular weight is 262 g/mol. The van der Waals surface area contributed by atoms with E-state index >= 15 is 0 Å². The lowest BCUT2D eigenvalue weighted by Gasteiger charge is -2.31. The van der Waals surface area contributed by atoms with Gasteiger partial charge in [0.15, 0.2) is 12.1 Å². The topological polar surface area (TPSA) is 36.9 Å². The monoisotopic (exact) mass is 262 g/mol. The molecule has 3 heterocycles. The van der Waals surface area contributed by atoms with Crippen molar-refractivity contribution in [2.75, 3.05) is 6.61 Å². The number of hydrogen-bond acceptors (Lipinski definition) is 4. The molecular formula is C15H18O4. The van der Waals surface area contributed by atoms with Gasteiger partial charge in [0.1, 0.15) is 17.8 Å². The Morgan fingerprint density at radius 1 is 1.11 bits per heavy atom. The summed E-state index contributed by atoms with van der Waals surface area (Å²) in [6.45, 7) is 4.47. The minimum absolute atomic E-state index is 0.0403. The van der Waals surface area contributed by atoms with E-state index in [0.717, 1.165) is 6.42 Å². The zero-order valence-electron chi connectivity index (χ0n) is 11.2. The van der Waals surface area contributed by atoms with Crippen molar-refractivity contribution in [3.05, 3.63) is 35.9 Å². The molecule has 0 radical (unpaired) electrons. The molecule has 1 aromatic rings. The summed E-state index contributed by atoms with van der Waals surface area (Å²) in [6, 6.07) is 10.3. The summed E-state index contributed by atoms with van der Waals surface area (Å²) in [4.78, 5) is 0. The van der Waals surface area contributed by atoms with Gasteiger partial charge in [-0.15, -0.1) is 0 Å². The van der Waals surface area contributed by atoms with Gasteiger partial charge in [0.2, 0.25) is 0 Å². The van der Waals surface area contributed by atoms with Gasteiger partial charge in [0.05, 0.1) is 6.61 Å². The zero-order valence-corrected chi connectivity index (χ0v) is 11.2. The SMILES string of the molecule is CC1(C)OC2C(O1)[C@@]1(Cc3ccccc3)CO[C@@H]2O1. The predicted molar refractivity (Wildman–Crippen MR) is 67.5 cm³/mol. The van der Waals surface area contributed by atoms with E-state index in [2.05, 4.69) is 12.1 Å². The summed E-state index contributed by atoms with van der Waals surface area (Å²) in [7, 11) is 0. The van der Waals surface area contributed by atoms with Gasteiger partial charge in [-0.2, -0.15) is 0 Å². The van der Waals surface area contributed by atoms with Gasteiger partial charge in [-0.3, -0.25) is 0 Å². The van der Waals surface area contributed by atoms with Crippen LogP contribution in [0.1, 0.15) is 19.4 Å². The molecule has 0 spiro atoms. The van der Waals surface area contributed by atoms with Crippen LogP contribution in [0.3, 0.4) is 0 Å². The van der Waals surface area contributed by atoms with E-state index in [1.807, 2.05) is 32.0 Å². The van der Waals surface area contributed by atoms with E-state index in [1.54, 1.807) is 0 Å². The molecular weight excluding hydrogens is 244 g/mol. The molecule has 3 aliphatic rings. The fourth-order valence-electron chi connectivity index (χ4n) is 3.36. The highest BCUT2D eigenvalue weighted by molar-refractivity contribution is 5.21. The third-order valence-electron chi connectivity index (χ3n) is 4.10. The highest BCUT2D eigenvalue weighted by Crippen LogP contribution is 2.49. The Labute approximate surface area is 112 Å². The van der Waals surface area contributed by atoms with Crippen molar-refractivity contribution in [1.29, 1.82) is 0 Å². The first-order valence-electron chi connectivity index (χ1n) is 6.77. The molecule has 2 bridgehead atoms. The third kappa shape index (κ3) is 1.75. The molecule has 0 amide bonds. The van der Waals surface area contributed by atoms with E-state index in [9.17, 15) is 0 Å². The summed E-state index contributed by atoms with van der Waals surface area (Å²) >= 11 is 0. The lowest BCUT2D eigenvalue weighted by molar-refractivity contribution is -0.204. The predicted octanol–water partition coefficient (Wildman–Crippen LogP) is 1.87. The normalized spacial score (nSPS) is 42.5. The Balaban J connectivity index is 1.64. The molecule has 0 saturated carbocycles. The first-order valence-corrected chi connectivity index (χ1v) is 6.77. The Bertz CT molecular complexity index is 486. The molecule has 4 heteroatoms. The van der Waals surface area contributed by atoms with Crippen molar-refractivity contribution in [2.45, 2.75) is 50.2 Å². The molecule has 0 N–H and O–H groups in total. The lowest BCUT2D eigenvalue weighted by Crippen LogP contribution is -2.49. The van der Waals surface area contributed by atoms with Crippen molar-refractivity contribution in [2.24, 2.45) is 0 Å². The van der Waals surface area contributed by atoms with Gasteiger partial charge in [-0.05, 0) is 19.4 Å². The Morgan fingerprint density at radius 3 is 2.68 bits per heavy atom. The second kappa shape index (κ2) is 3.79. The summed E-state index contributed by atoms with van der Waals surface area (Å²) < 4.78 is 23.7. The van der Waals surface area contributed by atoms with Crippen LogP contribution >= 0.6 is 0 Å². The van der Waals surface area contributed by atoms with Crippen LogP contribution in [0.5, 0.6) is 0 Å².